The number of carboxylic acids is 1. The number of aryl methyl sites for hydroxylation is 1. The van der Waals surface area contributed by atoms with E-state index < -0.39 is 12.0 Å². The van der Waals surface area contributed by atoms with Gasteiger partial charge in [0.2, 0.25) is 5.91 Å². The van der Waals surface area contributed by atoms with Crippen molar-refractivity contribution in [3.63, 3.8) is 0 Å². The fraction of sp³-hybridized carbons (Fsp3) is 0.500. The molecule has 3 atom stereocenters. The molecule has 1 amide bonds. The molecule has 2 aliphatic rings. The molecule has 1 saturated carbocycles. The lowest BCUT2D eigenvalue weighted by molar-refractivity contribution is -0.141. The summed E-state index contributed by atoms with van der Waals surface area (Å²) in [7, 11) is 0. The summed E-state index contributed by atoms with van der Waals surface area (Å²) in [5, 5.41) is 11.5. The van der Waals surface area contributed by atoms with Crippen molar-refractivity contribution < 1.29 is 14.7 Å². The van der Waals surface area contributed by atoms with Crippen LogP contribution in [-0.2, 0) is 21.4 Å². The summed E-state index contributed by atoms with van der Waals surface area (Å²) in [6, 6.07) is 7.52. The fourth-order valence-electron chi connectivity index (χ4n) is 3.55. The van der Waals surface area contributed by atoms with E-state index in [1.807, 2.05) is 12.1 Å². The minimum atomic E-state index is -0.989. The van der Waals surface area contributed by atoms with E-state index in [1.165, 1.54) is 18.1 Å². The summed E-state index contributed by atoms with van der Waals surface area (Å²) < 4.78 is 0. The Balaban J connectivity index is 1.78. The topological polar surface area (TPSA) is 66.4 Å². The van der Waals surface area contributed by atoms with Crippen molar-refractivity contribution in [3.8, 4) is 0 Å². The van der Waals surface area contributed by atoms with Crippen LogP contribution in [0, 0.1) is 5.92 Å². The van der Waals surface area contributed by atoms with Crippen LogP contribution in [0.5, 0.6) is 0 Å². The average Bonchev–Trinajstić information content (AvgIpc) is 3.14. The largest absolute Gasteiger partial charge is 0.480 e. The fourth-order valence-corrected chi connectivity index (χ4v) is 3.55. The lowest BCUT2D eigenvalue weighted by atomic mass is 9.78. The van der Waals surface area contributed by atoms with Gasteiger partial charge >= 0.3 is 5.97 Å². The van der Waals surface area contributed by atoms with Gasteiger partial charge in [0.25, 0.3) is 0 Å². The molecule has 1 fully saturated rings. The minimum Gasteiger partial charge on any atom is -0.480 e. The molecule has 1 aromatic carbocycles. The summed E-state index contributed by atoms with van der Waals surface area (Å²) in [6.45, 7) is 1.50. The van der Waals surface area contributed by atoms with Gasteiger partial charge in [0.05, 0.1) is 0 Å². The SMILES string of the molecule is C[C@@H](NC(=O)C1CC12CCCc1ccccc12)C(=O)O. The molecule has 0 aliphatic heterocycles. The second kappa shape index (κ2) is 4.62. The summed E-state index contributed by atoms with van der Waals surface area (Å²) in [5.41, 5.74) is 2.62. The second-order valence-electron chi connectivity index (χ2n) is 5.99. The Hall–Kier alpha value is -1.84. The van der Waals surface area contributed by atoms with Gasteiger partial charge in [0.1, 0.15) is 6.04 Å². The molecule has 0 saturated heterocycles. The number of carboxylic acid groups (broad SMARTS) is 1. The van der Waals surface area contributed by atoms with Gasteiger partial charge in [-0.25, -0.2) is 0 Å². The van der Waals surface area contributed by atoms with Crippen LogP contribution in [0.1, 0.15) is 37.3 Å². The van der Waals surface area contributed by atoms with Gasteiger partial charge in [-0.15, -0.1) is 0 Å². The van der Waals surface area contributed by atoms with Gasteiger partial charge in [0.15, 0.2) is 0 Å². The molecule has 0 heterocycles. The van der Waals surface area contributed by atoms with Crippen LogP contribution in [0.15, 0.2) is 24.3 Å². The predicted octanol–water partition coefficient (Wildman–Crippen LogP) is 1.87. The third-order valence-electron chi connectivity index (χ3n) is 4.74. The molecule has 2 N–H and O–H groups in total. The molecule has 106 valence electrons. The van der Waals surface area contributed by atoms with E-state index in [2.05, 4.69) is 17.4 Å². The number of fused-ring (bicyclic) bond motifs is 2. The summed E-state index contributed by atoms with van der Waals surface area (Å²) in [4.78, 5) is 23.1. The Kier molecular flexibility index (Phi) is 3.04. The van der Waals surface area contributed by atoms with E-state index in [0.717, 1.165) is 25.7 Å². The van der Waals surface area contributed by atoms with Gasteiger partial charge in [-0.05, 0) is 43.7 Å². The zero-order valence-electron chi connectivity index (χ0n) is 11.6. The average molecular weight is 273 g/mol. The molecular formula is C16H19NO3. The number of carbonyl (C=O) groups excluding carboxylic acids is 1. The normalized spacial score (nSPS) is 28.6. The first-order chi connectivity index (χ1) is 9.54. The van der Waals surface area contributed by atoms with Crippen LogP contribution in [0.3, 0.4) is 0 Å². The zero-order valence-corrected chi connectivity index (χ0v) is 11.6. The van der Waals surface area contributed by atoms with Crippen LogP contribution in [0.2, 0.25) is 0 Å². The number of hydrogen-bond acceptors (Lipinski definition) is 2. The van der Waals surface area contributed by atoms with Crippen LogP contribution in [-0.4, -0.2) is 23.0 Å². The maximum atomic E-state index is 12.2. The highest BCUT2D eigenvalue weighted by Crippen LogP contribution is 2.60. The predicted molar refractivity (Wildman–Crippen MR) is 74.4 cm³/mol. The number of amides is 1. The minimum absolute atomic E-state index is 0.0306. The smallest absolute Gasteiger partial charge is 0.325 e. The number of carbonyl (C=O) groups is 2. The van der Waals surface area contributed by atoms with Gasteiger partial charge in [-0.3, -0.25) is 9.59 Å². The summed E-state index contributed by atoms with van der Waals surface area (Å²) >= 11 is 0. The molecule has 4 nitrogen and oxygen atoms in total. The van der Waals surface area contributed by atoms with Gasteiger partial charge in [-0.2, -0.15) is 0 Å². The highest BCUT2D eigenvalue weighted by atomic mass is 16.4. The summed E-state index contributed by atoms with van der Waals surface area (Å²) in [6.07, 6.45) is 4.07. The third kappa shape index (κ3) is 1.99. The molecule has 1 aromatic rings. The first kappa shape index (κ1) is 13.2. The van der Waals surface area contributed by atoms with Crippen molar-refractivity contribution in [2.45, 2.75) is 44.1 Å². The Morgan fingerprint density at radius 3 is 2.90 bits per heavy atom. The van der Waals surface area contributed by atoms with E-state index in [4.69, 9.17) is 5.11 Å². The highest BCUT2D eigenvalue weighted by Gasteiger charge is 2.60. The molecule has 0 bridgehead atoms. The highest BCUT2D eigenvalue weighted by molar-refractivity contribution is 5.88. The van der Waals surface area contributed by atoms with Crippen LogP contribution in [0.25, 0.3) is 0 Å². The Morgan fingerprint density at radius 2 is 2.15 bits per heavy atom. The Morgan fingerprint density at radius 1 is 1.40 bits per heavy atom. The van der Waals surface area contributed by atoms with Crippen molar-refractivity contribution in [3.05, 3.63) is 35.4 Å². The molecule has 20 heavy (non-hydrogen) atoms. The van der Waals surface area contributed by atoms with Crippen molar-refractivity contribution in [2.75, 3.05) is 0 Å². The number of aliphatic carboxylic acids is 1. The number of benzene rings is 1. The standard InChI is InChI=1S/C16H19NO3/c1-10(15(19)20)17-14(18)13-9-16(13)8-4-6-11-5-2-3-7-12(11)16/h2-3,5,7,10,13H,4,6,8-9H2,1H3,(H,17,18)(H,19,20)/t10-,13?,16?/m1/s1. The van der Waals surface area contributed by atoms with E-state index >= 15 is 0 Å². The van der Waals surface area contributed by atoms with Gasteiger partial charge < -0.3 is 10.4 Å². The zero-order chi connectivity index (χ0) is 14.3. The monoisotopic (exact) mass is 273 g/mol. The van der Waals surface area contributed by atoms with E-state index in [0.29, 0.717) is 0 Å². The van der Waals surface area contributed by atoms with E-state index in [9.17, 15) is 9.59 Å². The molecule has 1 spiro atoms. The third-order valence-corrected chi connectivity index (χ3v) is 4.74. The van der Waals surface area contributed by atoms with E-state index in [1.54, 1.807) is 0 Å². The second-order valence-corrected chi connectivity index (χ2v) is 5.99. The molecule has 2 aliphatic carbocycles. The first-order valence-electron chi connectivity index (χ1n) is 7.16. The molecule has 0 aromatic heterocycles. The number of hydrogen-bond donors (Lipinski definition) is 2. The Bertz CT molecular complexity index is 569. The Labute approximate surface area is 118 Å². The molecular weight excluding hydrogens is 254 g/mol. The molecule has 0 radical (unpaired) electrons. The van der Waals surface area contributed by atoms with Crippen molar-refractivity contribution in [1.29, 1.82) is 0 Å². The molecule has 2 unspecified atom stereocenters. The van der Waals surface area contributed by atoms with Crippen LogP contribution < -0.4 is 5.32 Å². The van der Waals surface area contributed by atoms with E-state index in [-0.39, 0.29) is 17.2 Å². The van der Waals surface area contributed by atoms with Crippen LogP contribution >= 0.6 is 0 Å². The van der Waals surface area contributed by atoms with Crippen molar-refractivity contribution in [1.82, 2.24) is 5.32 Å². The summed E-state index contributed by atoms with van der Waals surface area (Å²) in [5.74, 6) is -1.17. The lowest BCUT2D eigenvalue weighted by Gasteiger charge is -2.26. The van der Waals surface area contributed by atoms with Crippen LogP contribution in [0.4, 0.5) is 0 Å². The molecule has 4 heteroatoms. The number of rotatable bonds is 3. The van der Waals surface area contributed by atoms with Gasteiger partial charge in [-0.1, -0.05) is 24.3 Å². The number of nitrogens with one attached hydrogen (secondary N) is 1. The lowest BCUT2D eigenvalue weighted by Crippen LogP contribution is -2.40. The van der Waals surface area contributed by atoms with Crippen molar-refractivity contribution in [2.24, 2.45) is 5.92 Å². The maximum absolute atomic E-state index is 12.2. The molecule has 3 rings (SSSR count). The van der Waals surface area contributed by atoms with Gasteiger partial charge in [0, 0.05) is 11.3 Å². The first-order valence-corrected chi connectivity index (χ1v) is 7.16. The quantitative estimate of drug-likeness (QED) is 0.883. The maximum Gasteiger partial charge on any atom is 0.325 e. The van der Waals surface area contributed by atoms with Crippen molar-refractivity contribution >= 4 is 11.9 Å².